The number of carbonyl (C=O) groups excluding carboxylic acids is 1. The molecule has 0 bridgehead atoms. The van der Waals surface area contributed by atoms with E-state index in [0.717, 1.165) is 12.1 Å². The van der Waals surface area contributed by atoms with Gasteiger partial charge in [0.1, 0.15) is 5.82 Å². The molecule has 102 valence electrons. The number of amides is 1. The fourth-order valence-electron chi connectivity index (χ4n) is 2.62. The molecule has 3 heteroatoms. The van der Waals surface area contributed by atoms with Gasteiger partial charge >= 0.3 is 0 Å². The van der Waals surface area contributed by atoms with E-state index in [-0.39, 0.29) is 23.6 Å². The van der Waals surface area contributed by atoms with E-state index in [2.05, 4.69) is 0 Å². The van der Waals surface area contributed by atoms with Crippen molar-refractivity contribution in [1.82, 2.24) is 0 Å². The van der Waals surface area contributed by atoms with Crippen LogP contribution in [0.2, 0.25) is 0 Å². The second kappa shape index (κ2) is 5.08. The predicted octanol–water partition coefficient (Wildman–Crippen LogP) is 3.59. The molecule has 1 aliphatic carbocycles. The van der Waals surface area contributed by atoms with Crippen molar-refractivity contribution in [3.05, 3.63) is 66.0 Å². The van der Waals surface area contributed by atoms with E-state index < -0.39 is 0 Å². The molecule has 0 spiro atoms. The van der Waals surface area contributed by atoms with Crippen LogP contribution in [0.5, 0.6) is 0 Å². The summed E-state index contributed by atoms with van der Waals surface area (Å²) in [5.41, 5.74) is 1.53. The van der Waals surface area contributed by atoms with E-state index >= 15 is 0 Å². The molecule has 2 aromatic carbocycles. The number of nitrogens with zero attached hydrogens (tertiary/aromatic N) is 1. The fraction of sp³-hybridized carbons (Fsp3) is 0.235. The van der Waals surface area contributed by atoms with Crippen LogP contribution in [-0.4, -0.2) is 13.0 Å². The number of para-hydroxylation sites is 1. The van der Waals surface area contributed by atoms with Crippen molar-refractivity contribution in [3.63, 3.8) is 0 Å². The van der Waals surface area contributed by atoms with E-state index in [9.17, 15) is 9.18 Å². The van der Waals surface area contributed by atoms with Gasteiger partial charge in [0, 0.05) is 18.7 Å². The number of hydrogen-bond donors (Lipinski definition) is 0. The van der Waals surface area contributed by atoms with Crippen LogP contribution in [0.4, 0.5) is 10.1 Å². The minimum Gasteiger partial charge on any atom is -0.315 e. The Hall–Kier alpha value is -2.16. The van der Waals surface area contributed by atoms with Crippen LogP contribution in [0.15, 0.2) is 54.6 Å². The Bertz CT molecular complexity index is 626. The molecule has 0 aliphatic heterocycles. The van der Waals surface area contributed by atoms with E-state index in [1.165, 1.54) is 6.07 Å². The van der Waals surface area contributed by atoms with Gasteiger partial charge < -0.3 is 4.90 Å². The predicted molar refractivity (Wildman–Crippen MR) is 77.1 cm³/mol. The minimum absolute atomic E-state index is 0.0230. The van der Waals surface area contributed by atoms with Gasteiger partial charge in [-0.3, -0.25) is 4.79 Å². The lowest BCUT2D eigenvalue weighted by atomic mass is 10.1. The van der Waals surface area contributed by atoms with E-state index in [1.54, 1.807) is 24.1 Å². The summed E-state index contributed by atoms with van der Waals surface area (Å²) in [5.74, 6) is -0.230. The summed E-state index contributed by atoms with van der Waals surface area (Å²) in [7, 11) is 1.77. The van der Waals surface area contributed by atoms with E-state index in [4.69, 9.17) is 0 Å². The SMILES string of the molecule is CN(C(=O)C1CC1c1ccccc1F)c1ccccc1. The molecule has 2 atom stereocenters. The minimum atomic E-state index is -0.213. The molecule has 2 aromatic rings. The van der Waals surface area contributed by atoms with Gasteiger partial charge in [-0.1, -0.05) is 36.4 Å². The number of benzene rings is 2. The van der Waals surface area contributed by atoms with Crippen molar-refractivity contribution >= 4 is 11.6 Å². The largest absolute Gasteiger partial charge is 0.315 e. The zero-order valence-electron chi connectivity index (χ0n) is 11.3. The Morgan fingerprint density at radius 2 is 1.75 bits per heavy atom. The highest BCUT2D eigenvalue weighted by molar-refractivity contribution is 5.97. The highest BCUT2D eigenvalue weighted by atomic mass is 19.1. The van der Waals surface area contributed by atoms with Gasteiger partial charge in [0.15, 0.2) is 0 Å². The van der Waals surface area contributed by atoms with Crippen LogP contribution in [0.1, 0.15) is 17.9 Å². The third kappa shape index (κ3) is 2.31. The molecule has 1 fully saturated rings. The molecule has 1 saturated carbocycles. The fourth-order valence-corrected chi connectivity index (χ4v) is 2.62. The molecule has 3 rings (SSSR count). The summed E-state index contributed by atoms with van der Waals surface area (Å²) in [5, 5.41) is 0. The van der Waals surface area contributed by atoms with Gasteiger partial charge in [0.2, 0.25) is 5.91 Å². The molecular formula is C17H16FNO. The molecule has 1 amide bonds. The Morgan fingerprint density at radius 1 is 1.10 bits per heavy atom. The van der Waals surface area contributed by atoms with E-state index in [1.807, 2.05) is 36.4 Å². The van der Waals surface area contributed by atoms with Crippen molar-refractivity contribution in [2.75, 3.05) is 11.9 Å². The molecular weight excluding hydrogens is 253 g/mol. The summed E-state index contributed by atoms with van der Waals surface area (Å²) in [4.78, 5) is 14.1. The number of carbonyl (C=O) groups is 1. The third-order valence-electron chi connectivity index (χ3n) is 3.89. The maximum absolute atomic E-state index is 13.7. The first-order valence-corrected chi connectivity index (χ1v) is 6.75. The Kier molecular flexibility index (Phi) is 3.26. The highest BCUT2D eigenvalue weighted by Gasteiger charge is 2.46. The van der Waals surface area contributed by atoms with Crippen LogP contribution in [0.3, 0.4) is 0 Å². The lowest BCUT2D eigenvalue weighted by Crippen LogP contribution is -2.28. The summed E-state index contributed by atoms with van der Waals surface area (Å²) in [6.07, 6.45) is 0.733. The first kappa shape index (κ1) is 12.9. The molecule has 2 unspecified atom stereocenters. The van der Waals surface area contributed by atoms with Crippen LogP contribution < -0.4 is 4.90 Å². The van der Waals surface area contributed by atoms with Crippen molar-refractivity contribution in [3.8, 4) is 0 Å². The molecule has 0 heterocycles. The molecule has 2 nitrogen and oxygen atoms in total. The van der Waals surface area contributed by atoms with Crippen molar-refractivity contribution in [2.24, 2.45) is 5.92 Å². The van der Waals surface area contributed by atoms with Crippen molar-refractivity contribution in [1.29, 1.82) is 0 Å². The number of anilines is 1. The van der Waals surface area contributed by atoms with Crippen LogP contribution in [0, 0.1) is 11.7 Å². The van der Waals surface area contributed by atoms with Gasteiger partial charge in [-0.2, -0.15) is 0 Å². The van der Waals surface area contributed by atoms with Crippen molar-refractivity contribution < 1.29 is 9.18 Å². The molecule has 20 heavy (non-hydrogen) atoms. The molecule has 0 radical (unpaired) electrons. The smallest absolute Gasteiger partial charge is 0.230 e. The van der Waals surface area contributed by atoms with Crippen molar-refractivity contribution in [2.45, 2.75) is 12.3 Å². The first-order chi connectivity index (χ1) is 9.68. The number of halogens is 1. The average molecular weight is 269 g/mol. The summed E-state index contributed by atoms with van der Waals surface area (Å²) in [6, 6.07) is 16.2. The first-order valence-electron chi connectivity index (χ1n) is 6.75. The van der Waals surface area contributed by atoms with Crippen LogP contribution >= 0.6 is 0 Å². The summed E-state index contributed by atoms with van der Waals surface area (Å²) in [6.45, 7) is 0. The van der Waals surface area contributed by atoms with Gasteiger partial charge in [0.25, 0.3) is 0 Å². The molecule has 0 saturated heterocycles. The third-order valence-corrected chi connectivity index (χ3v) is 3.89. The second-order valence-corrected chi connectivity index (χ2v) is 5.20. The molecule has 0 N–H and O–H groups in total. The van der Waals surface area contributed by atoms with Gasteiger partial charge in [-0.05, 0) is 36.1 Å². The summed E-state index contributed by atoms with van der Waals surface area (Å²) >= 11 is 0. The highest BCUT2D eigenvalue weighted by Crippen LogP contribution is 2.49. The Balaban J connectivity index is 1.73. The zero-order chi connectivity index (χ0) is 14.1. The summed E-state index contributed by atoms with van der Waals surface area (Å²) < 4.78 is 13.7. The standard InChI is InChI=1S/C17H16FNO/c1-19(12-7-3-2-4-8-12)17(20)15-11-14(15)13-9-5-6-10-16(13)18/h2-10,14-15H,11H2,1H3. The van der Waals surface area contributed by atoms with Gasteiger partial charge in [0.05, 0.1) is 0 Å². The normalized spacial score (nSPS) is 20.5. The van der Waals surface area contributed by atoms with Gasteiger partial charge in [-0.15, -0.1) is 0 Å². The topological polar surface area (TPSA) is 20.3 Å². The quantitative estimate of drug-likeness (QED) is 0.833. The maximum Gasteiger partial charge on any atom is 0.230 e. The Labute approximate surface area is 117 Å². The molecule has 1 aliphatic rings. The average Bonchev–Trinajstić information content (AvgIpc) is 3.27. The maximum atomic E-state index is 13.7. The monoisotopic (exact) mass is 269 g/mol. The van der Waals surface area contributed by atoms with Crippen LogP contribution in [0.25, 0.3) is 0 Å². The lowest BCUT2D eigenvalue weighted by Gasteiger charge is -2.17. The second-order valence-electron chi connectivity index (χ2n) is 5.20. The number of rotatable bonds is 3. The van der Waals surface area contributed by atoms with Gasteiger partial charge in [-0.25, -0.2) is 4.39 Å². The molecule has 0 aromatic heterocycles. The zero-order valence-corrected chi connectivity index (χ0v) is 11.3. The van der Waals surface area contributed by atoms with Crippen LogP contribution in [-0.2, 0) is 4.79 Å². The van der Waals surface area contributed by atoms with E-state index in [0.29, 0.717) is 5.56 Å². The lowest BCUT2D eigenvalue weighted by molar-refractivity contribution is -0.119. The Morgan fingerprint density at radius 3 is 2.45 bits per heavy atom. The number of hydrogen-bond acceptors (Lipinski definition) is 1.